The Hall–Kier alpha value is -2.33. The monoisotopic (exact) mass is 366 g/mol. The molecule has 0 radical (unpaired) electrons. The summed E-state index contributed by atoms with van der Waals surface area (Å²) in [6.45, 7) is -1.70. The number of benzene rings is 3. The molecular formula is C22H22F3N. The lowest BCUT2D eigenvalue weighted by atomic mass is 9.99. The summed E-state index contributed by atoms with van der Waals surface area (Å²) in [5.41, 5.74) is -2.28. The molecule has 1 N–H and O–H groups in total. The maximum atomic E-state index is 13.4. The van der Waals surface area contributed by atoms with Crippen molar-refractivity contribution in [3.63, 3.8) is 0 Å². The van der Waals surface area contributed by atoms with Gasteiger partial charge >= 0.3 is 6.18 Å². The number of halogens is 3. The standard InChI is InChI=1S/C22H22F3N/c1-16(20-13-5-10-18-9-2-3-12-21(18)20)26-14-6-8-17-7-4-11-19(15-17)22(23,24)25/h2-5,7,9-13,15-16,26H,6,8,14H2,1H3/t16-/m1/s1/i4D,6D2,7D,11D,14D2,15D,16D. The largest absolute Gasteiger partial charge is 0.416 e. The molecule has 0 aliphatic carbocycles. The third kappa shape index (κ3) is 4.44. The van der Waals surface area contributed by atoms with E-state index < -0.39 is 66.8 Å². The third-order valence-corrected chi connectivity index (χ3v) is 3.76. The lowest BCUT2D eigenvalue weighted by Gasteiger charge is -2.17. The van der Waals surface area contributed by atoms with Crippen molar-refractivity contribution in [1.29, 1.82) is 0 Å². The quantitative estimate of drug-likeness (QED) is 0.552. The number of nitrogens with one attached hydrogen (secondary N) is 1. The Kier molecular flexibility index (Phi) is 3.08. The molecule has 136 valence electrons. The first-order valence-electron chi connectivity index (χ1n) is 12.3. The molecule has 4 heteroatoms. The van der Waals surface area contributed by atoms with Gasteiger partial charge < -0.3 is 5.32 Å². The van der Waals surface area contributed by atoms with E-state index in [1.165, 1.54) is 6.92 Å². The zero-order chi connectivity index (χ0) is 26.6. The van der Waals surface area contributed by atoms with Gasteiger partial charge in [-0.25, -0.2) is 0 Å². The molecule has 1 nitrogen and oxygen atoms in total. The van der Waals surface area contributed by atoms with Crippen LogP contribution in [0.4, 0.5) is 13.2 Å². The minimum atomic E-state index is -5.19. The van der Waals surface area contributed by atoms with Crippen LogP contribution in [0.25, 0.3) is 10.8 Å². The minimum Gasteiger partial charge on any atom is -0.310 e. The second-order valence-electron chi connectivity index (χ2n) is 5.61. The predicted octanol–water partition coefficient (Wildman–Crippen LogP) is 6.14. The van der Waals surface area contributed by atoms with E-state index in [2.05, 4.69) is 5.32 Å². The predicted molar refractivity (Wildman–Crippen MR) is 100 cm³/mol. The van der Waals surface area contributed by atoms with Gasteiger partial charge in [-0.2, -0.15) is 13.2 Å². The van der Waals surface area contributed by atoms with Crippen molar-refractivity contribution >= 4 is 10.8 Å². The number of hydrogen-bond acceptors (Lipinski definition) is 1. The summed E-state index contributed by atoms with van der Waals surface area (Å²) >= 11 is 0. The molecule has 1 atom stereocenters. The van der Waals surface area contributed by atoms with E-state index in [0.717, 1.165) is 5.39 Å². The van der Waals surface area contributed by atoms with Crippen LogP contribution >= 0.6 is 0 Å². The smallest absolute Gasteiger partial charge is 0.310 e. The molecule has 0 bridgehead atoms. The van der Waals surface area contributed by atoms with Gasteiger partial charge in [0.15, 0.2) is 0 Å². The molecule has 3 aromatic rings. The van der Waals surface area contributed by atoms with E-state index in [-0.39, 0.29) is 0 Å². The van der Waals surface area contributed by atoms with Crippen LogP contribution in [-0.2, 0) is 12.6 Å². The van der Waals surface area contributed by atoms with Crippen molar-refractivity contribution in [3.8, 4) is 0 Å². The SMILES string of the molecule is [2H]c1c([2H])c(CC([2H])([2H])C([2H])([2H])N[C@]([2H])(C)c2cccc3ccccc23)c([2H])c(C(F)(F)F)c1[2H]. The van der Waals surface area contributed by atoms with Crippen LogP contribution < -0.4 is 5.32 Å². The zero-order valence-corrected chi connectivity index (χ0v) is 13.9. The highest BCUT2D eigenvalue weighted by molar-refractivity contribution is 5.86. The average Bonchev–Trinajstić information content (AvgIpc) is 2.73. The Morgan fingerprint density at radius 2 is 1.92 bits per heavy atom. The molecule has 0 aromatic heterocycles. The maximum absolute atomic E-state index is 13.4. The van der Waals surface area contributed by atoms with Gasteiger partial charge in [-0.05, 0) is 54.2 Å². The molecular weight excluding hydrogens is 335 g/mol. The molecule has 3 rings (SSSR count). The van der Waals surface area contributed by atoms with E-state index in [4.69, 9.17) is 12.3 Å². The van der Waals surface area contributed by atoms with Gasteiger partial charge in [0.25, 0.3) is 0 Å². The van der Waals surface area contributed by atoms with Gasteiger partial charge in [-0.15, -0.1) is 0 Å². The average molecular weight is 366 g/mol. The van der Waals surface area contributed by atoms with Gasteiger partial charge in [0, 0.05) is 11.5 Å². The summed E-state index contributed by atoms with van der Waals surface area (Å²) in [7, 11) is 0. The minimum absolute atomic E-state index is 0.337. The summed E-state index contributed by atoms with van der Waals surface area (Å²) in [6, 6.07) is 5.39. The van der Waals surface area contributed by atoms with Crippen molar-refractivity contribution in [2.24, 2.45) is 0 Å². The number of rotatable bonds is 6. The Balaban J connectivity index is 2.03. The Morgan fingerprint density at radius 1 is 1.15 bits per heavy atom. The van der Waals surface area contributed by atoms with E-state index in [9.17, 15) is 13.2 Å². The molecule has 0 saturated carbocycles. The molecule has 26 heavy (non-hydrogen) atoms. The fraction of sp³-hybridized carbons (Fsp3) is 0.273. The van der Waals surface area contributed by atoms with Crippen LogP contribution in [0.5, 0.6) is 0 Å². The Bertz CT molecular complexity index is 1270. The van der Waals surface area contributed by atoms with Gasteiger partial charge in [0.1, 0.15) is 0 Å². The highest BCUT2D eigenvalue weighted by Crippen LogP contribution is 2.29. The summed E-state index contributed by atoms with van der Waals surface area (Å²) in [6.07, 6.45) is -9.36. The van der Waals surface area contributed by atoms with Gasteiger partial charge in [-0.3, -0.25) is 0 Å². The van der Waals surface area contributed by atoms with Crippen LogP contribution in [0.1, 0.15) is 48.3 Å². The van der Waals surface area contributed by atoms with E-state index >= 15 is 0 Å². The second-order valence-corrected chi connectivity index (χ2v) is 5.61. The van der Waals surface area contributed by atoms with E-state index in [1.807, 2.05) is 0 Å². The number of alkyl halides is 3. The van der Waals surface area contributed by atoms with Gasteiger partial charge in [0.05, 0.1) is 12.4 Å². The molecule has 0 heterocycles. The highest BCUT2D eigenvalue weighted by Gasteiger charge is 2.30. The van der Waals surface area contributed by atoms with Crippen LogP contribution in [0.15, 0.2) is 66.6 Å². The van der Waals surface area contributed by atoms with Gasteiger partial charge in [-0.1, -0.05) is 60.6 Å². The Labute approximate surface area is 164 Å². The number of hydrogen-bond donors (Lipinski definition) is 1. The summed E-state index contributed by atoms with van der Waals surface area (Å²) in [5.74, 6) is 0. The fourth-order valence-corrected chi connectivity index (χ4v) is 2.50. The van der Waals surface area contributed by atoms with Gasteiger partial charge in [0.2, 0.25) is 0 Å². The Morgan fingerprint density at radius 3 is 2.73 bits per heavy atom. The molecule has 3 aromatic carbocycles. The molecule has 0 amide bonds. The van der Waals surface area contributed by atoms with Crippen molar-refractivity contribution in [2.45, 2.75) is 31.9 Å². The summed E-state index contributed by atoms with van der Waals surface area (Å²) < 4.78 is 113. The van der Waals surface area contributed by atoms with Crippen molar-refractivity contribution in [1.82, 2.24) is 5.32 Å². The first-order chi connectivity index (χ1) is 15.9. The molecule has 0 spiro atoms. The number of fused-ring (bicyclic) bond motifs is 1. The molecule has 0 unspecified atom stereocenters. The molecule has 0 aliphatic heterocycles. The molecule has 0 fully saturated rings. The topological polar surface area (TPSA) is 12.0 Å². The lowest BCUT2D eigenvalue weighted by Crippen LogP contribution is -2.20. The first-order valence-corrected chi connectivity index (χ1v) is 7.85. The van der Waals surface area contributed by atoms with Crippen molar-refractivity contribution in [3.05, 3.63) is 83.3 Å². The summed E-state index contributed by atoms with van der Waals surface area (Å²) in [4.78, 5) is 0. The first kappa shape index (κ1) is 10.1. The normalized spacial score (nSPS) is 20.4. The highest BCUT2D eigenvalue weighted by atomic mass is 19.4. The fourth-order valence-electron chi connectivity index (χ4n) is 2.50. The molecule has 0 saturated heterocycles. The maximum Gasteiger partial charge on any atom is 0.416 e. The second kappa shape index (κ2) is 7.92. The lowest BCUT2D eigenvalue weighted by molar-refractivity contribution is -0.137. The molecule has 0 aliphatic rings. The van der Waals surface area contributed by atoms with Crippen molar-refractivity contribution in [2.75, 3.05) is 6.50 Å². The zero-order valence-electron chi connectivity index (χ0n) is 22.9. The van der Waals surface area contributed by atoms with E-state index in [1.54, 1.807) is 42.5 Å². The van der Waals surface area contributed by atoms with E-state index in [0.29, 0.717) is 10.9 Å². The van der Waals surface area contributed by atoms with Crippen molar-refractivity contribution < 1.29 is 25.5 Å². The van der Waals surface area contributed by atoms with Crippen LogP contribution in [0.2, 0.25) is 0 Å². The summed E-state index contributed by atoms with van der Waals surface area (Å²) in [5, 5.41) is 3.70. The third-order valence-electron chi connectivity index (χ3n) is 3.76. The van der Waals surface area contributed by atoms with Crippen LogP contribution in [0.3, 0.4) is 0 Å². The van der Waals surface area contributed by atoms with Crippen LogP contribution in [-0.4, -0.2) is 6.50 Å². The van der Waals surface area contributed by atoms with Crippen LogP contribution in [0, 0.1) is 0 Å².